The number of hydrogen-bond donors (Lipinski definition) is 0. The van der Waals surface area contributed by atoms with Crippen LogP contribution in [0.25, 0.3) is 0 Å². The Morgan fingerprint density at radius 2 is 0.778 bits per heavy atom. The minimum absolute atomic E-state index is 0.0142. The Bertz CT molecular complexity index is 240. The topological polar surface area (TPSA) is 27.7 Å². The number of unbranched alkanes of at least 4 members (excludes halogenated alkanes) is 9. The SMILES string of the molecule is CCCCCCOCC(CC)(COCCCCCC)COCCCCCC. The Hall–Kier alpha value is -0.120. The van der Waals surface area contributed by atoms with Crippen LogP contribution in [0.2, 0.25) is 0 Å². The molecule has 27 heavy (non-hydrogen) atoms. The van der Waals surface area contributed by atoms with Crippen molar-refractivity contribution in [1.29, 1.82) is 0 Å². The molecule has 3 heteroatoms. The number of ether oxygens (including phenoxy) is 3. The second-order valence-electron chi connectivity index (χ2n) is 8.19. The smallest absolute Gasteiger partial charge is 0.0566 e. The lowest BCUT2D eigenvalue weighted by atomic mass is 9.88. The summed E-state index contributed by atoms with van der Waals surface area (Å²) in [6, 6.07) is 0. The quantitative estimate of drug-likeness (QED) is 0.184. The van der Waals surface area contributed by atoms with Crippen LogP contribution in [-0.4, -0.2) is 39.6 Å². The van der Waals surface area contributed by atoms with E-state index in [9.17, 15) is 0 Å². The van der Waals surface area contributed by atoms with Gasteiger partial charge in [0.05, 0.1) is 19.8 Å². The Morgan fingerprint density at radius 3 is 1.04 bits per heavy atom. The lowest BCUT2D eigenvalue weighted by Gasteiger charge is -2.32. The van der Waals surface area contributed by atoms with Gasteiger partial charge in [-0.05, 0) is 25.7 Å². The third-order valence-corrected chi connectivity index (χ3v) is 5.40. The largest absolute Gasteiger partial charge is 0.381 e. The first kappa shape index (κ1) is 26.9. The van der Waals surface area contributed by atoms with Crippen LogP contribution in [0.4, 0.5) is 0 Å². The fourth-order valence-electron chi connectivity index (χ4n) is 3.19. The summed E-state index contributed by atoms with van der Waals surface area (Å²) in [7, 11) is 0. The molecule has 0 aliphatic heterocycles. The molecule has 3 nitrogen and oxygen atoms in total. The number of hydrogen-bond acceptors (Lipinski definition) is 3. The van der Waals surface area contributed by atoms with E-state index >= 15 is 0 Å². The van der Waals surface area contributed by atoms with Crippen LogP contribution < -0.4 is 0 Å². The zero-order valence-corrected chi connectivity index (χ0v) is 19.2. The summed E-state index contributed by atoms with van der Waals surface area (Å²) in [6.45, 7) is 13.9. The van der Waals surface area contributed by atoms with Gasteiger partial charge in [0.15, 0.2) is 0 Å². The Labute approximate surface area is 170 Å². The van der Waals surface area contributed by atoms with Crippen LogP contribution in [-0.2, 0) is 14.2 Å². The Kier molecular flexibility index (Phi) is 20.5. The van der Waals surface area contributed by atoms with Crippen LogP contribution in [0.5, 0.6) is 0 Å². The molecule has 0 aliphatic carbocycles. The van der Waals surface area contributed by atoms with Crippen molar-refractivity contribution in [1.82, 2.24) is 0 Å². The molecule has 0 aromatic rings. The van der Waals surface area contributed by atoms with Crippen LogP contribution in [0, 0.1) is 5.41 Å². The fraction of sp³-hybridized carbons (Fsp3) is 1.00. The summed E-state index contributed by atoms with van der Waals surface area (Å²) in [5.74, 6) is 0. The van der Waals surface area contributed by atoms with E-state index in [1.165, 1.54) is 77.0 Å². The third kappa shape index (κ3) is 16.5. The van der Waals surface area contributed by atoms with E-state index < -0.39 is 0 Å². The molecule has 0 aromatic carbocycles. The predicted octanol–water partition coefficient (Wildman–Crippen LogP) is 7.17. The highest BCUT2D eigenvalue weighted by Gasteiger charge is 2.29. The van der Waals surface area contributed by atoms with Gasteiger partial charge in [-0.1, -0.05) is 85.5 Å². The van der Waals surface area contributed by atoms with Crippen molar-refractivity contribution in [3.63, 3.8) is 0 Å². The Balaban J connectivity index is 4.23. The molecule has 164 valence electrons. The van der Waals surface area contributed by atoms with Crippen LogP contribution >= 0.6 is 0 Å². The van der Waals surface area contributed by atoms with Crippen molar-refractivity contribution in [2.24, 2.45) is 5.41 Å². The highest BCUT2D eigenvalue weighted by Crippen LogP contribution is 2.25. The normalized spacial score (nSPS) is 12.0. The molecule has 0 bridgehead atoms. The average Bonchev–Trinajstić information content (AvgIpc) is 2.69. The monoisotopic (exact) mass is 386 g/mol. The van der Waals surface area contributed by atoms with Crippen LogP contribution in [0.1, 0.15) is 111 Å². The van der Waals surface area contributed by atoms with E-state index in [1.54, 1.807) is 0 Å². The second-order valence-corrected chi connectivity index (χ2v) is 8.19. The maximum Gasteiger partial charge on any atom is 0.0566 e. The molecule has 0 spiro atoms. The molecule has 0 heterocycles. The van der Waals surface area contributed by atoms with Gasteiger partial charge in [-0.3, -0.25) is 0 Å². The van der Waals surface area contributed by atoms with Crippen molar-refractivity contribution >= 4 is 0 Å². The van der Waals surface area contributed by atoms with E-state index in [4.69, 9.17) is 14.2 Å². The average molecular weight is 387 g/mol. The maximum absolute atomic E-state index is 6.07. The molecule has 0 radical (unpaired) electrons. The van der Waals surface area contributed by atoms with E-state index in [2.05, 4.69) is 27.7 Å². The van der Waals surface area contributed by atoms with Crippen LogP contribution in [0.3, 0.4) is 0 Å². The molecule has 0 unspecified atom stereocenters. The van der Waals surface area contributed by atoms with Crippen LogP contribution in [0.15, 0.2) is 0 Å². The minimum atomic E-state index is 0.0142. The van der Waals surface area contributed by atoms with Gasteiger partial charge in [-0.25, -0.2) is 0 Å². The molecule has 0 atom stereocenters. The van der Waals surface area contributed by atoms with E-state index in [0.717, 1.165) is 46.1 Å². The molecule has 0 N–H and O–H groups in total. The summed E-state index contributed by atoms with van der Waals surface area (Å²) in [5, 5.41) is 0. The second kappa shape index (κ2) is 20.6. The van der Waals surface area contributed by atoms with Crippen molar-refractivity contribution in [2.75, 3.05) is 39.6 Å². The zero-order valence-electron chi connectivity index (χ0n) is 19.2. The number of rotatable bonds is 22. The highest BCUT2D eigenvalue weighted by atomic mass is 16.5. The van der Waals surface area contributed by atoms with Gasteiger partial charge in [0.25, 0.3) is 0 Å². The first-order valence-corrected chi connectivity index (χ1v) is 12.0. The van der Waals surface area contributed by atoms with E-state index in [-0.39, 0.29) is 5.41 Å². The van der Waals surface area contributed by atoms with Gasteiger partial charge >= 0.3 is 0 Å². The van der Waals surface area contributed by atoms with E-state index in [0.29, 0.717) is 0 Å². The highest BCUT2D eigenvalue weighted by molar-refractivity contribution is 4.78. The van der Waals surface area contributed by atoms with Gasteiger partial charge in [-0.15, -0.1) is 0 Å². The summed E-state index contributed by atoms with van der Waals surface area (Å²) < 4.78 is 18.2. The minimum Gasteiger partial charge on any atom is -0.381 e. The summed E-state index contributed by atoms with van der Waals surface area (Å²) in [4.78, 5) is 0. The first-order valence-electron chi connectivity index (χ1n) is 12.0. The predicted molar refractivity (Wildman–Crippen MR) is 118 cm³/mol. The Morgan fingerprint density at radius 1 is 0.444 bits per heavy atom. The summed E-state index contributed by atoms with van der Waals surface area (Å²) in [6.07, 6.45) is 16.1. The molecule has 0 aliphatic rings. The molecule has 0 aromatic heterocycles. The summed E-state index contributed by atoms with van der Waals surface area (Å²) >= 11 is 0. The van der Waals surface area contributed by atoms with Crippen molar-refractivity contribution in [2.45, 2.75) is 111 Å². The molecule has 0 rings (SSSR count). The van der Waals surface area contributed by atoms with Crippen molar-refractivity contribution in [3.05, 3.63) is 0 Å². The molecule has 0 saturated heterocycles. The lowest BCUT2D eigenvalue weighted by molar-refractivity contribution is -0.0727. The molecule has 0 fully saturated rings. The van der Waals surface area contributed by atoms with Crippen molar-refractivity contribution < 1.29 is 14.2 Å². The fourth-order valence-corrected chi connectivity index (χ4v) is 3.19. The molecular weight excluding hydrogens is 336 g/mol. The lowest BCUT2D eigenvalue weighted by Crippen LogP contribution is -2.37. The van der Waals surface area contributed by atoms with Gasteiger partial charge in [0, 0.05) is 25.2 Å². The summed E-state index contributed by atoms with van der Waals surface area (Å²) in [5.41, 5.74) is 0.0142. The van der Waals surface area contributed by atoms with Gasteiger partial charge in [-0.2, -0.15) is 0 Å². The molecule has 0 amide bonds. The zero-order chi connectivity index (χ0) is 20.1. The molecule has 0 saturated carbocycles. The van der Waals surface area contributed by atoms with Crippen molar-refractivity contribution in [3.8, 4) is 0 Å². The third-order valence-electron chi connectivity index (χ3n) is 5.40. The first-order chi connectivity index (χ1) is 13.2. The maximum atomic E-state index is 6.07. The van der Waals surface area contributed by atoms with Gasteiger partial charge in [0.1, 0.15) is 0 Å². The van der Waals surface area contributed by atoms with Gasteiger partial charge < -0.3 is 14.2 Å². The van der Waals surface area contributed by atoms with Gasteiger partial charge in [0.2, 0.25) is 0 Å². The molecular formula is C24H50O3. The standard InChI is InChI=1S/C24H50O3/c1-5-9-12-15-18-25-21-24(8-4,22-26-19-16-13-10-6-2)23-27-20-17-14-11-7-3/h5-23H2,1-4H3. The van der Waals surface area contributed by atoms with E-state index in [1.807, 2.05) is 0 Å².